The smallest absolute Gasteiger partial charge is 0.346 e. The fourth-order valence-corrected chi connectivity index (χ4v) is 4.06. The second kappa shape index (κ2) is 8.42. The van der Waals surface area contributed by atoms with E-state index in [1.54, 1.807) is 6.07 Å². The lowest BCUT2D eigenvalue weighted by Crippen LogP contribution is -2.44. The second-order valence-corrected chi connectivity index (χ2v) is 8.05. The number of rotatable bonds is 5. The van der Waals surface area contributed by atoms with Crippen molar-refractivity contribution < 1.29 is 36.7 Å². The summed E-state index contributed by atoms with van der Waals surface area (Å²) in [4.78, 5) is 49.8. The molecule has 1 unspecified atom stereocenters. The number of halogens is 4. The molecule has 1 N–H and O–H groups in total. The van der Waals surface area contributed by atoms with Gasteiger partial charge in [-0.25, -0.2) is 8.78 Å². The standard InChI is InChI=1S/C23H18F4N2O4/c24-17-5-2-14(8-18(17)25)23(26,27)22(33)28-10-12-1-4-16-13(7-12)11-29(21(16)32)19-6-3-15(30)9-20(19)31/h1-2,4-5,7-8,19H,3,6,9-11H2,(H,28,33). The Labute approximate surface area is 185 Å². The molecular weight excluding hydrogens is 444 g/mol. The van der Waals surface area contributed by atoms with Gasteiger partial charge in [0.2, 0.25) is 0 Å². The molecule has 1 atom stereocenters. The van der Waals surface area contributed by atoms with Crippen molar-refractivity contribution in [3.05, 3.63) is 70.3 Å². The predicted molar refractivity (Wildman–Crippen MR) is 106 cm³/mol. The van der Waals surface area contributed by atoms with Gasteiger partial charge in [-0.3, -0.25) is 19.2 Å². The van der Waals surface area contributed by atoms with E-state index in [0.717, 1.165) is 0 Å². The first kappa shape index (κ1) is 22.6. The van der Waals surface area contributed by atoms with E-state index in [9.17, 15) is 36.7 Å². The monoisotopic (exact) mass is 462 g/mol. The number of hydrogen-bond acceptors (Lipinski definition) is 4. The molecule has 4 rings (SSSR count). The van der Waals surface area contributed by atoms with Gasteiger partial charge in [-0.15, -0.1) is 0 Å². The predicted octanol–water partition coefficient (Wildman–Crippen LogP) is 3.02. The highest BCUT2D eigenvalue weighted by atomic mass is 19.3. The van der Waals surface area contributed by atoms with E-state index in [1.165, 1.54) is 17.0 Å². The number of alkyl halides is 2. The van der Waals surface area contributed by atoms with Crippen molar-refractivity contribution in [2.24, 2.45) is 0 Å². The number of amides is 2. The summed E-state index contributed by atoms with van der Waals surface area (Å²) in [6, 6.07) is 5.29. The van der Waals surface area contributed by atoms with Crippen LogP contribution in [0.4, 0.5) is 17.6 Å². The Hall–Kier alpha value is -3.56. The number of hydrogen-bond donors (Lipinski definition) is 1. The summed E-state index contributed by atoms with van der Waals surface area (Å²) in [7, 11) is 0. The molecule has 6 nitrogen and oxygen atoms in total. The van der Waals surface area contributed by atoms with Gasteiger partial charge in [0.15, 0.2) is 17.4 Å². The van der Waals surface area contributed by atoms with E-state index in [2.05, 4.69) is 5.32 Å². The van der Waals surface area contributed by atoms with Gasteiger partial charge in [0.05, 0.1) is 12.5 Å². The topological polar surface area (TPSA) is 83.6 Å². The van der Waals surface area contributed by atoms with Crippen LogP contribution in [0.5, 0.6) is 0 Å². The lowest BCUT2D eigenvalue weighted by Gasteiger charge is -2.29. The van der Waals surface area contributed by atoms with Gasteiger partial charge in [0, 0.05) is 30.6 Å². The van der Waals surface area contributed by atoms with E-state index in [0.29, 0.717) is 28.8 Å². The Bertz CT molecular complexity index is 1180. The van der Waals surface area contributed by atoms with Crippen LogP contribution in [0.15, 0.2) is 36.4 Å². The fraction of sp³-hybridized carbons (Fsp3) is 0.304. The van der Waals surface area contributed by atoms with Gasteiger partial charge in [-0.2, -0.15) is 8.78 Å². The quantitative estimate of drug-likeness (QED) is 0.547. The first-order valence-corrected chi connectivity index (χ1v) is 10.2. The van der Waals surface area contributed by atoms with Gasteiger partial charge in [-0.05, 0) is 41.8 Å². The van der Waals surface area contributed by atoms with Crippen LogP contribution in [-0.2, 0) is 33.4 Å². The number of Topliss-reactive ketones (excluding diaryl/α,β-unsaturated/α-hetero) is 2. The number of ketones is 2. The third-order valence-corrected chi connectivity index (χ3v) is 5.84. The zero-order chi connectivity index (χ0) is 23.9. The van der Waals surface area contributed by atoms with Crippen LogP contribution in [0.2, 0.25) is 0 Å². The summed E-state index contributed by atoms with van der Waals surface area (Å²) in [6.45, 7) is -0.165. The zero-order valence-electron chi connectivity index (χ0n) is 17.2. The molecule has 0 spiro atoms. The van der Waals surface area contributed by atoms with Crippen LogP contribution >= 0.6 is 0 Å². The summed E-state index contributed by atoms with van der Waals surface area (Å²) in [5.74, 6) is -9.39. The van der Waals surface area contributed by atoms with E-state index < -0.39 is 35.1 Å². The average Bonchev–Trinajstić information content (AvgIpc) is 3.09. The lowest BCUT2D eigenvalue weighted by atomic mass is 9.92. The van der Waals surface area contributed by atoms with Gasteiger partial charge in [-0.1, -0.05) is 12.1 Å². The molecule has 2 aliphatic rings. The molecule has 2 aromatic rings. The highest BCUT2D eigenvalue weighted by molar-refractivity contribution is 6.07. The maximum atomic E-state index is 14.3. The maximum Gasteiger partial charge on any atom is 0.349 e. The van der Waals surface area contributed by atoms with E-state index >= 15 is 0 Å². The molecule has 1 aliphatic carbocycles. The molecule has 0 aromatic heterocycles. The minimum absolute atomic E-state index is 0.131. The van der Waals surface area contributed by atoms with Crippen LogP contribution in [0.3, 0.4) is 0 Å². The normalized spacial score (nSPS) is 18.5. The molecular formula is C23H18F4N2O4. The molecule has 1 heterocycles. The minimum Gasteiger partial charge on any atom is -0.346 e. The van der Waals surface area contributed by atoms with Crippen LogP contribution in [-0.4, -0.2) is 34.3 Å². The number of nitrogens with one attached hydrogen (secondary N) is 1. The van der Waals surface area contributed by atoms with Crippen molar-refractivity contribution in [3.63, 3.8) is 0 Å². The highest BCUT2D eigenvalue weighted by Gasteiger charge is 2.42. The van der Waals surface area contributed by atoms with Crippen LogP contribution in [0, 0.1) is 11.6 Å². The van der Waals surface area contributed by atoms with Crippen LogP contribution < -0.4 is 5.32 Å². The molecule has 0 radical (unpaired) electrons. The van der Waals surface area contributed by atoms with Gasteiger partial charge in [0.25, 0.3) is 11.8 Å². The molecule has 2 aromatic carbocycles. The molecule has 0 bridgehead atoms. The van der Waals surface area contributed by atoms with Crippen molar-refractivity contribution in [1.82, 2.24) is 10.2 Å². The Kier molecular flexibility index (Phi) is 5.77. The molecule has 2 amide bonds. The number of nitrogens with zero attached hydrogens (tertiary/aromatic N) is 1. The third kappa shape index (κ3) is 4.24. The molecule has 0 saturated heterocycles. The molecule has 172 valence electrons. The van der Waals surface area contributed by atoms with Gasteiger partial charge < -0.3 is 10.2 Å². The number of carbonyl (C=O) groups excluding carboxylic acids is 4. The Balaban J connectivity index is 1.44. The number of benzene rings is 2. The largest absolute Gasteiger partial charge is 0.349 e. The van der Waals surface area contributed by atoms with Crippen molar-refractivity contribution in [1.29, 1.82) is 0 Å². The van der Waals surface area contributed by atoms with Crippen molar-refractivity contribution in [2.75, 3.05) is 0 Å². The highest BCUT2D eigenvalue weighted by Crippen LogP contribution is 2.31. The average molecular weight is 462 g/mol. The van der Waals surface area contributed by atoms with Crippen LogP contribution in [0.25, 0.3) is 0 Å². The van der Waals surface area contributed by atoms with Crippen molar-refractivity contribution in [2.45, 2.75) is 44.3 Å². The Morgan fingerprint density at radius 3 is 2.52 bits per heavy atom. The molecule has 10 heteroatoms. The van der Waals surface area contributed by atoms with Gasteiger partial charge >= 0.3 is 5.92 Å². The summed E-state index contributed by atoms with van der Waals surface area (Å²) >= 11 is 0. The third-order valence-electron chi connectivity index (χ3n) is 5.84. The van der Waals surface area contributed by atoms with E-state index in [1.807, 2.05) is 0 Å². The summed E-state index contributed by atoms with van der Waals surface area (Å²) < 4.78 is 55.0. The first-order valence-electron chi connectivity index (χ1n) is 10.2. The number of fused-ring (bicyclic) bond motifs is 1. The molecule has 1 fully saturated rings. The first-order chi connectivity index (χ1) is 15.6. The van der Waals surface area contributed by atoms with Crippen LogP contribution in [0.1, 0.15) is 46.3 Å². The number of carbonyl (C=O) groups is 4. The molecule has 33 heavy (non-hydrogen) atoms. The van der Waals surface area contributed by atoms with Crippen molar-refractivity contribution in [3.8, 4) is 0 Å². The summed E-state index contributed by atoms with van der Waals surface area (Å²) in [5.41, 5.74) is 0.387. The Morgan fingerprint density at radius 2 is 1.82 bits per heavy atom. The molecule has 1 aliphatic heterocycles. The summed E-state index contributed by atoms with van der Waals surface area (Å²) in [5, 5.41) is 2.07. The Morgan fingerprint density at radius 1 is 1.06 bits per heavy atom. The maximum absolute atomic E-state index is 14.3. The van der Waals surface area contributed by atoms with Gasteiger partial charge in [0.1, 0.15) is 5.78 Å². The SMILES string of the molecule is O=C1CCC(N2Cc3cc(CNC(=O)C(F)(F)c4ccc(F)c(F)c4)ccc3C2=O)C(=O)C1. The minimum atomic E-state index is -4.09. The fourth-order valence-electron chi connectivity index (χ4n) is 4.06. The zero-order valence-corrected chi connectivity index (χ0v) is 17.2. The molecule has 1 saturated carbocycles. The van der Waals surface area contributed by atoms with Crippen molar-refractivity contribution >= 4 is 23.4 Å². The second-order valence-electron chi connectivity index (χ2n) is 8.05. The summed E-state index contributed by atoms with van der Waals surface area (Å²) in [6.07, 6.45) is 0.285. The lowest BCUT2D eigenvalue weighted by molar-refractivity contribution is -0.147. The van der Waals surface area contributed by atoms with E-state index in [4.69, 9.17) is 0 Å². The van der Waals surface area contributed by atoms with E-state index in [-0.39, 0.29) is 55.9 Å².